The number of benzene rings is 1. The van der Waals surface area contributed by atoms with E-state index < -0.39 is 6.04 Å². The monoisotopic (exact) mass is 290 g/mol. The maximum Gasteiger partial charge on any atom is 0.251 e. The molecule has 4 N–H and O–H groups in total. The van der Waals surface area contributed by atoms with Crippen molar-refractivity contribution in [2.75, 3.05) is 7.05 Å². The third-order valence-corrected chi connectivity index (χ3v) is 2.74. The van der Waals surface area contributed by atoms with Crippen molar-refractivity contribution in [3.8, 4) is 0 Å². The van der Waals surface area contributed by atoms with Gasteiger partial charge in [-0.3, -0.25) is 9.59 Å². The topological polar surface area (TPSA) is 133 Å². The first-order valence-corrected chi connectivity index (χ1v) is 6.37. The highest BCUT2D eigenvalue weighted by atomic mass is 16.2. The van der Waals surface area contributed by atoms with Crippen LogP contribution in [0.5, 0.6) is 0 Å². The summed E-state index contributed by atoms with van der Waals surface area (Å²) in [6.07, 6.45) is 0. The molecule has 0 aliphatic carbocycles. The molecule has 0 saturated carbocycles. The number of nitrogens with one attached hydrogen (secondary N) is 2. The Morgan fingerprint density at radius 2 is 2.05 bits per heavy atom. The fraction of sp³-hybridized carbons (Fsp3) is 0.385. The Kier molecular flexibility index (Phi) is 6.19. The number of nitrogens with zero attached hydrogens (tertiary/aromatic N) is 3. The van der Waals surface area contributed by atoms with Crippen LogP contribution in [0.3, 0.4) is 0 Å². The molecule has 0 radical (unpaired) electrons. The first-order valence-electron chi connectivity index (χ1n) is 6.37. The predicted octanol–water partition coefficient (Wildman–Crippen LogP) is 0.820. The van der Waals surface area contributed by atoms with Crippen molar-refractivity contribution < 1.29 is 9.59 Å². The second-order valence-electron chi connectivity index (χ2n) is 4.51. The van der Waals surface area contributed by atoms with Crippen molar-refractivity contribution in [3.05, 3.63) is 45.3 Å². The maximum absolute atomic E-state index is 11.7. The summed E-state index contributed by atoms with van der Waals surface area (Å²) >= 11 is 0. The summed E-state index contributed by atoms with van der Waals surface area (Å²) in [7, 11) is 1.53. The summed E-state index contributed by atoms with van der Waals surface area (Å²) in [5, 5.41) is 8.67. The fourth-order valence-electron chi connectivity index (χ4n) is 1.69. The van der Waals surface area contributed by atoms with Crippen molar-refractivity contribution in [3.63, 3.8) is 0 Å². The van der Waals surface area contributed by atoms with E-state index >= 15 is 0 Å². The van der Waals surface area contributed by atoms with Crippen molar-refractivity contribution in [2.24, 2.45) is 10.8 Å². The Morgan fingerprint density at radius 3 is 2.62 bits per heavy atom. The largest absolute Gasteiger partial charge is 0.355 e. The SMILES string of the molecule is CNC(=O)c1cc(CN=[N+]=[N-])cc(CNC(=O)[C@@H](C)N)c1. The van der Waals surface area contributed by atoms with Crippen LogP contribution < -0.4 is 16.4 Å². The lowest BCUT2D eigenvalue weighted by molar-refractivity contribution is -0.122. The zero-order chi connectivity index (χ0) is 15.8. The third-order valence-electron chi connectivity index (χ3n) is 2.74. The summed E-state index contributed by atoms with van der Waals surface area (Å²) in [6, 6.07) is 4.47. The minimum Gasteiger partial charge on any atom is -0.355 e. The number of rotatable bonds is 6. The quantitative estimate of drug-likeness (QED) is 0.407. The van der Waals surface area contributed by atoms with Crippen LogP contribution in [0, 0.1) is 0 Å². The van der Waals surface area contributed by atoms with Gasteiger partial charge in [0.1, 0.15) is 0 Å². The highest BCUT2D eigenvalue weighted by Crippen LogP contribution is 2.12. The standard InChI is InChI=1S/C13H18N6O2/c1-8(14)12(20)17-6-9-3-10(7-18-19-15)5-11(4-9)13(21)16-2/h3-5,8H,6-7,14H2,1-2H3,(H,16,21)(H,17,20)/t8-/m1/s1. The molecule has 8 heteroatoms. The Bertz CT molecular complexity index is 578. The lowest BCUT2D eigenvalue weighted by Crippen LogP contribution is -2.37. The molecule has 0 aliphatic rings. The number of amides is 2. The van der Waals surface area contributed by atoms with E-state index in [1.807, 2.05) is 0 Å². The summed E-state index contributed by atoms with van der Waals surface area (Å²) in [6.45, 7) is 1.97. The predicted molar refractivity (Wildman–Crippen MR) is 78.2 cm³/mol. The molecule has 0 heterocycles. The first kappa shape index (κ1) is 16.5. The molecule has 0 fully saturated rings. The van der Waals surface area contributed by atoms with Crippen LogP contribution in [-0.4, -0.2) is 24.9 Å². The number of nitrogens with two attached hydrogens (primary N) is 1. The normalized spacial score (nSPS) is 11.2. The fourth-order valence-corrected chi connectivity index (χ4v) is 1.69. The van der Waals surface area contributed by atoms with Gasteiger partial charge in [0.05, 0.1) is 12.6 Å². The Hall–Kier alpha value is -2.57. The van der Waals surface area contributed by atoms with Gasteiger partial charge in [0.25, 0.3) is 5.91 Å². The van der Waals surface area contributed by atoms with Crippen LogP contribution >= 0.6 is 0 Å². The van der Waals surface area contributed by atoms with E-state index in [4.69, 9.17) is 11.3 Å². The zero-order valence-corrected chi connectivity index (χ0v) is 12.0. The molecule has 0 unspecified atom stereocenters. The van der Waals surface area contributed by atoms with Crippen molar-refractivity contribution >= 4 is 11.8 Å². The molecule has 0 aliphatic heterocycles. The van der Waals surface area contributed by atoms with Crippen LogP contribution in [0.4, 0.5) is 0 Å². The van der Waals surface area contributed by atoms with E-state index in [1.54, 1.807) is 25.1 Å². The second kappa shape index (κ2) is 7.88. The smallest absolute Gasteiger partial charge is 0.251 e. The molecule has 1 rings (SSSR count). The lowest BCUT2D eigenvalue weighted by atomic mass is 10.0. The molecule has 1 atom stereocenters. The van der Waals surface area contributed by atoms with E-state index in [-0.39, 0.29) is 24.9 Å². The Labute approximate surface area is 122 Å². The maximum atomic E-state index is 11.7. The molecule has 112 valence electrons. The number of hydrogen-bond donors (Lipinski definition) is 3. The van der Waals surface area contributed by atoms with Gasteiger partial charge in [-0.05, 0) is 35.7 Å². The van der Waals surface area contributed by atoms with E-state index in [1.165, 1.54) is 7.05 Å². The number of carbonyl (C=O) groups is 2. The van der Waals surface area contributed by atoms with Gasteiger partial charge in [-0.2, -0.15) is 0 Å². The average molecular weight is 290 g/mol. The average Bonchev–Trinajstić information content (AvgIpc) is 2.49. The molecule has 21 heavy (non-hydrogen) atoms. The molecule has 0 spiro atoms. The van der Waals surface area contributed by atoms with Gasteiger partial charge in [0.15, 0.2) is 0 Å². The highest BCUT2D eigenvalue weighted by molar-refractivity contribution is 5.94. The minimum atomic E-state index is -0.602. The second-order valence-corrected chi connectivity index (χ2v) is 4.51. The lowest BCUT2D eigenvalue weighted by Gasteiger charge is -2.10. The van der Waals surface area contributed by atoms with Crippen molar-refractivity contribution in [1.82, 2.24) is 10.6 Å². The molecule has 2 amide bonds. The molecule has 1 aromatic carbocycles. The number of hydrogen-bond acceptors (Lipinski definition) is 4. The van der Waals surface area contributed by atoms with Gasteiger partial charge in [0.2, 0.25) is 5.91 Å². The van der Waals surface area contributed by atoms with Gasteiger partial charge in [-0.15, -0.1) is 0 Å². The molecule has 1 aromatic rings. The van der Waals surface area contributed by atoms with Gasteiger partial charge >= 0.3 is 0 Å². The highest BCUT2D eigenvalue weighted by Gasteiger charge is 2.10. The summed E-state index contributed by atoms with van der Waals surface area (Å²) in [4.78, 5) is 25.9. The van der Waals surface area contributed by atoms with Crippen LogP contribution in [0.25, 0.3) is 10.4 Å². The third kappa shape index (κ3) is 5.13. The Balaban J connectivity index is 2.98. The molecule has 0 saturated heterocycles. The zero-order valence-electron chi connectivity index (χ0n) is 12.0. The van der Waals surface area contributed by atoms with Gasteiger partial charge in [-0.1, -0.05) is 11.2 Å². The summed E-state index contributed by atoms with van der Waals surface area (Å²) < 4.78 is 0. The van der Waals surface area contributed by atoms with Crippen LogP contribution in [0.15, 0.2) is 23.3 Å². The van der Waals surface area contributed by atoms with E-state index in [0.717, 1.165) is 5.56 Å². The summed E-state index contributed by atoms with van der Waals surface area (Å²) in [5.74, 6) is -0.533. The van der Waals surface area contributed by atoms with E-state index in [2.05, 4.69) is 20.7 Å². The van der Waals surface area contributed by atoms with Gasteiger partial charge in [0, 0.05) is 24.1 Å². The summed E-state index contributed by atoms with van der Waals surface area (Å²) in [5.41, 5.74) is 15.7. The van der Waals surface area contributed by atoms with E-state index in [9.17, 15) is 9.59 Å². The number of azide groups is 1. The molecular formula is C13H18N6O2. The molecule has 0 bridgehead atoms. The van der Waals surface area contributed by atoms with Crippen molar-refractivity contribution in [2.45, 2.75) is 26.1 Å². The molecule has 0 aromatic heterocycles. The van der Waals surface area contributed by atoms with Crippen molar-refractivity contribution in [1.29, 1.82) is 0 Å². The van der Waals surface area contributed by atoms with Gasteiger partial charge in [-0.25, -0.2) is 0 Å². The molecule has 8 nitrogen and oxygen atoms in total. The number of carbonyl (C=O) groups excluding carboxylic acids is 2. The minimum absolute atomic E-state index is 0.134. The van der Waals surface area contributed by atoms with Crippen LogP contribution in [0.1, 0.15) is 28.4 Å². The van der Waals surface area contributed by atoms with Crippen LogP contribution in [0.2, 0.25) is 0 Å². The molecular weight excluding hydrogens is 272 g/mol. The van der Waals surface area contributed by atoms with E-state index in [0.29, 0.717) is 11.1 Å². The van der Waals surface area contributed by atoms with Gasteiger partial charge < -0.3 is 16.4 Å². The Morgan fingerprint density at radius 1 is 1.38 bits per heavy atom. The first-order chi connectivity index (χ1) is 9.97. The van der Waals surface area contributed by atoms with Crippen LogP contribution in [-0.2, 0) is 17.9 Å².